The minimum Gasteiger partial charge on any atom is -0.365 e. The second-order valence-corrected chi connectivity index (χ2v) is 4.33. The van der Waals surface area contributed by atoms with Crippen LogP contribution in [-0.4, -0.2) is 17.5 Å². The first-order valence-corrected chi connectivity index (χ1v) is 4.17. The maximum absolute atomic E-state index is 9.96. The first-order chi connectivity index (χ1) is 4.81. The van der Waals surface area contributed by atoms with Crippen LogP contribution in [0.2, 0.25) is 0 Å². The van der Waals surface area contributed by atoms with E-state index in [0.29, 0.717) is 6.61 Å². The van der Waals surface area contributed by atoms with E-state index < -0.39 is 5.79 Å². The predicted octanol–water partition coefficient (Wildman–Crippen LogP) is 1.78. The van der Waals surface area contributed by atoms with Gasteiger partial charge in [0.25, 0.3) is 0 Å². The smallest absolute Gasteiger partial charge is 0.177 e. The van der Waals surface area contributed by atoms with Crippen molar-refractivity contribution in [3.63, 3.8) is 0 Å². The third-order valence-corrected chi connectivity index (χ3v) is 3.55. The van der Waals surface area contributed by atoms with Crippen molar-refractivity contribution in [3.05, 3.63) is 0 Å². The molecular formula is C9H18O2. The van der Waals surface area contributed by atoms with Crippen LogP contribution in [-0.2, 0) is 4.74 Å². The molecule has 0 aromatic rings. The van der Waals surface area contributed by atoms with Gasteiger partial charge >= 0.3 is 0 Å². The van der Waals surface area contributed by atoms with E-state index in [1.165, 1.54) is 0 Å². The Balaban J connectivity index is 2.78. The Labute approximate surface area is 68.6 Å². The van der Waals surface area contributed by atoms with Gasteiger partial charge in [0.15, 0.2) is 5.79 Å². The van der Waals surface area contributed by atoms with Gasteiger partial charge in [-0.3, -0.25) is 0 Å². The number of aliphatic hydroxyl groups is 1. The molecule has 1 fully saturated rings. The Hall–Kier alpha value is -0.0800. The Morgan fingerprint density at radius 3 is 1.55 bits per heavy atom. The van der Waals surface area contributed by atoms with Gasteiger partial charge < -0.3 is 9.84 Å². The Kier molecular flexibility index (Phi) is 1.63. The average Bonchev–Trinajstić information content (AvgIpc) is 2.12. The molecule has 0 aromatic carbocycles. The zero-order chi connectivity index (χ0) is 8.91. The molecule has 1 aliphatic carbocycles. The van der Waals surface area contributed by atoms with Crippen molar-refractivity contribution >= 4 is 0 Å². The Bertz CT molecular complexity index is 156. The van der Waals surface area contributed by atoms with Crippen molar-refractivity contribution in [3.8, 4) is 0 Å². The fourth-order valence-electron chi connectivity index (χ4n) is 1.80. The summed E-state index contributed by atoms with van der Waals surface area (Å²) in [6.07, 6.45) is 0. The molecule has 1 aliphatic rings. The summed E-state index contributed by atoms with van der Waals surface area (Å²) in [6, 6.07) is 0. The lowest BCUT2D eigenvalue weighted by Gasteiger charge is -2.13. The Morgan fingerprint density at radius 2 is 1.45 bits per heavy atom. The standard InChI is InChI=1S/C9H18O2/c1-6-11-9(10)7(2,3)8(9,4)5/h10H,6H2,1-5H3. The quantitative estimate of drug-likeness (QED) is 0.621. The maximum Gasteiger partial charge on any atom is 0.177 e. The van der Waals surface area contributed by atoms with E-state index in [2.05, 4.69) is 0 Å². The van der Waals surface area contributed by atoms with Crippen LogP contribution in [0.1, 0.15) is 34.6 Å². The van der Waals surface area contributed by atoms with Crippen LogP contribution in [0.25, 0.3) is 0 Å². The highest BCUT2D eigenvalue weighted by Crippen LogP contribution is 2.71. The minimum atomic E-state index is -0.908. The second kappa shape index (κ2) is 1.99. The van der Waals surface area contributed by atoms with E-state index in [0.717, 1.165) is 0 Å². The van der Waals surface area contributed by atoms with E-state index >= 15 is 0 Å². The molecule has 1 N–H and O–H groups in total. The first kappa shape index (κ1) is 9.01. The molecule has 0 atom stereocenters. The van der Waals surface area contributed by atoms with Crippen molar-refractivity contribution in [2.75, 3.05) is 6.61 Å². The summed E-state index contributed by atoms with van der Waals surface area (Å²) in [4.78, 5) is 0. The number of ether oxygens (including phenoxy) is 1. The summed E-state index contributed by atoms with van der Waals surface area (Å²) in [5, 5.41) is 9.96. The van der Waals surface area contributed by atoms with Gasteiger partial charge in [0.05, 0.1) is 0 Å². The molecule has 0 spiro atoms. The van der Waals surface area contributed by atoms with E-state index in [9.17, 15) is 5.11 Å². The normalized spacial score (nSPS) is 30.0. The molecule has 0 aromatic heterocycles. The monoisotopic (exact) mass is 158 g/mol. The summed E-state index contributed by atoms with van der Waals surface area (Å²) in [5.41, 5.74) is -0.230. The number of hydrogen-bond acceptors (Lipinski definition) is 2. The third kappa shape index (κ3) is 0.744. The maximum atomic E-state index is 9.96. The van der Waals surface area contributed by atoms with Crippen molar-refractivity contribution in [2.45, 2.75) is 40.4 Å². The molecule has 2 heteroatoms. The van der Waals surface area contributed by atoms with Crippen LogP contribution in [0.4, 0.5) is 0 Å². The summed E-state index contributed by atoms with van der Waals surface area (Å²) in [5.74, 6) is -0.908. The molecule has 1 saturated carbocycles. The number of rotatable bonds is 2. The fourth-order valence-corrected chi connectivity index (χ4v) is 1.80. The first-order valence-electron chi connectivity index (χ1n) is 4.17. The lowest BCUT2D eigenvalue weighted by atomic mass is 10.0. The van der Waals surface area contributed by atoms with Crippen molar-refractivity contribution in [2.24, 2.45) is 10.8 Å². The van der Waals surface area contributed by atoms with Gasteiger partial charge in [-0.05, 0) is 6.92 Å². The van der Waals surface area contributed by atoms with Crippen LogP contribution < -0.4 is 0 Å². The molecule has 1 rings (SSSR count). The summed E-state index contributed by atoms with van der Waals surface area (Å²) in [7, 11) is 0. The molecule has 0 radical (unpaired) electrons. The van der Waals surface area contributed by atoms with E-state index in [1.54, 1.807) is 0 Å². The van der Waals surface area contributed by atoms with Crippen LogP contribution >= 0.6 is 0 Å². The Morgan fingerprint density at radius 1 is 1.09 bits per heavy atom. The van der Waals surface area contributed by atoms with Gasteiger partial charge in [-0.1, -0.05) is 27.7 Å². The number of hydrogen-bond donors (Lipinski definition) is 1. The SMILES string of the molecule is CCOC1(O)C(C)(C)C1(C)C. The van der Waals surface area contributed by atoms with Gasteiger partial charge in [0, 0.05) is 17.4 Å². The van der Waals surface area contributed by atoms with Crippen molar-refractivity contribution in [1.29, 1.82) is 0 Å². The summed E-state index contributed by atoms with van der Waals surface area (Å²) >= 11 is 0. The van der Waals surface area contributed by atoms with Crippen LogP contribution in [0.15, 0.2) is 0 Å². The second-order valence-electron chi connectivity index (χ2n) is 4.33. The highest BCUT2D eigenvalue weighted by Gasteiger charge is 2.78. The van der Waals surface area contributed by atoms with Crippen molar-refractivity contribution in [1.82, 2.24) is 0 Å². The zero-order valence-electron chi connectivity index (χ0n) is 8.06. The van der Waals surface area contributed by atoms with Crippen molar-refractivity contribution < 1.29 is 9.84 Å². The molecule has 11 heavy (non-hydrogen) atoms. The minimum absolute atomic E-state index is 0.115. The molecule has 0 unspecified atom stereocenters. The molecule has 66 valence electrons. The summed E-state index contributed by atoms with van der Waals surface area (Å²) in [6.45, 7) is 10.6. The lowest BCUT2D eigenvalue weighted by molar-refractivity contribution is -0.160. The largest absolute Gasteiger partial charge is 0.365 e. The zero-order valence-corrected chi connectivity index (χ0v) is 8.06. The molecule has 2 nitrogen and oxygen atoms in total. The van der Waals surface area contributed by atoms with Gasteiger partial charge in [-0.25, -0.2) is 0 Å². The van der Waals surface area contributed by atoms with E-state index in [-0.39, 0.29) is 10.8 Å². The lowest BCUT2D eigenvalue weighted by Crippen LogP contribution is -2.22. The van der Waals surface area contributed by atoms with Gasteiger partial charge in [-0.15, -0.1) is 0 Å². The van der Waals surface area contributed by atoms with Crippen LogP contribution in [0.5, 0.6) is 0 Å². The van der Waals surface area contributed by atoms with Gasteiger partial charge in [0.2, 0.25) is 0 Å². The van der Waals surface area contributed by atoms with Crippen LogP contribution in [0.3, 0.4) is 0 Å². The molecule has 0 aliphatic heterocycles. The third-order valence-electron chi connectivity index (χ3n) is 3.55. The highest BCUT2D eigenvalue weighted by molar-refractivity contribution is 5.20. The molecular weight excluding hydrogens is 140 g/mol. The summed E-state index contributed by atoms with van der Waals surface area (Å²) < 4.78 is 5.33. The molecule has 0 heterocycles. The van der Waals surface area contributed by atoms with Gasteiger partial charge in [-0.2, -0.15) is 0 Å². The highest BCUT2D eigenvalue weighted by atomic mass is 16.6. The fraction of sp³-hybridized carbons (Fsp3) is 1.00. The predicted molar refractivity (Wildman–Crippen MR) is 44.1 cm³/mol. The van der Waals surface area contributed by atoms with E-state index in [4.69, 9.17) is 4.74 Å². The average molecular weight is 158 g/mol. The molecule has 0 amide bonds. The van der Waals surface area contributed by atoms with E-state index in [1.807, 2.05) is 34.6 Å². The van der Waals surface area contributed by atoms with Gasteiger partial charge in [0.1, 0.15) is 0 Å². The van der Waals surface area contributed by atoms with Crippen LogP contribution in [0, 0.1) is 10.8 Å². The topological polar surface area (TPSA) is 29.5 Å². The molecule has 0 saturated heterocycles. The molecule has 0 bridgehead atoms.